The van der Waals surface area contributed by atoms with E-state index >= 15 is 0 Å². The summed E-state index contributed by atoms with van der Waals surface area (Å²) in [6, 6.07) is 15.7. The number of methoxy groups -OCH3 is 2. The Kier molecular flexibility index (Phi) is 10.5. The Balaban J connectivity index is 0.00000392. The molecule has 1 unspecified atom stereocenters. The molecule has 7 heteroatoms. The highest BCUT2D eigenvalue weighted by molar-refractivity contribution is 14.0. The van der Waals surface area contributed by atoms with Gasteiger partial charge >= 0.3 is 0 Å². The second-order valence-electron chi connectivity index (χ2n) is 6.21. The Morgan fingerprint density at radius 1 is 1.04 bits per heavy atom. The number of hydrogen-bond donors (Lipinski definition) is 1. The summed E-state index contributed by atoms with van der Waals surface area (Å²) in [5.74, 6) is 3.12. The highest BCUT2D eigenvalue weighted by Gasteiger charge is 2.11. The standard InChI is InChI=1S/C21H29N3O3.HI/c1-16(27-20-9-7-6-8-19(20)26-5)14-23-21(22-2)24(3)15-17-10-12-18(25-4)13-11-17;/h6-13,16H,14-15H2,1-5H3,(H,22,23);1H. The van der Waals surface area contributed by atoms with Crippen LogP contribution in [0.3, 0.4) is 0 Å². The first-order valence-electron chi connectivity index (χ1n) is 8.91. The summed E-state index contributed by atoms with van der Waals surface area (Å²) in [5.41, 5.74) is 1.18. The van der Waals surface area contributed by atoms with Crippen LogP contribution in [0, 0.1) is 0 Å². The maximum atomic E-state index is 5.98. The Hall–Kier alpha value is -2.16. The Morgan fingerprint density at radius 2 is 1.68 bits per heavy atom. The number of halogens is 1. The monoisotopic (exact) mass is 499 g/mol. The predicted octanol–water partition coefficient (Wildman–Crippen LogP) is 3.80. The topological polar surface area (TPSA) is 55.3 Å². The zero-order chi connectivity index (χ0) is 19.6. The minimum absolute atomic E-state index is 0. The predicted molar refractivity (Wildman–Crippen MR) is 124 cm³/mol. The minimum Gasteiger partial charge on any atom is -0.497 e. The molecule has 1 N–H and O–H groups in total. The first-order valence-corrected chi connectivity index (χ1v) is 8.91. The molecule has 0 saturated carbocycles. The molecular formula is C21H30IN3O3. The second kappa shape index (κ2) is 12.3. The molecule has 0 bridgehead atoms. The number of rotatable bonds is 8. The van der Waals surface area contributed by atoms with Crippen molar-refractivity contribution in [3.8, 4) is 17.2 Å². The van der Waals surface area contributed by atoms with Gasteiger partial charge in [-0.2, -0.15) is 0 Å². The third-order valence-corrected chi connectivity index (χ3v) is 4.10. The highest BCUT2D eigenvalue weighted by Crippen LogP contribution is 2.26. The third kappa shape index (κ3) is 7.10. The Bertz CT molecular complexity index is 738. The molecule has 2 aromatic rings. The van der Waals surface area contributed by atoms with Crippen LogP contribution >= 0.6 is 24.0 Å². The van der Waals surface area contributed by atoms with Crippen LogP contribution in [-0.4, -0.2) is 51.8 Å². The van der Waals surface area contributed by atoms with E-state index in [1.54, 1.807) is 21.3 Å². The van der Waals surface area contributed by atoms with E-state index in [4.69, 9.17) is 14.2 Å². The van der Waals surface area contributed by atoms with Gasteiger partial charge < -0.3 is 24.4 Å². The zero-order valence-electron chi connectivity index (χ0n) is 17.1. The van der Waals surface area contributed by atoms with Crippen molar-refractivity contribution in [3.63, 3.8) is 0 Å². The van der Waals surface area contributed by atoms with Crippen molar-refractivity contribution in [1.29, 1.82) is 0 Å². The normalized spacial score (nSPS) is 11.8. The summed E-state index contributed by atoms with van der Waals surface area (Å²) in [7, 11) is 7.09. The average Bonchev–Trinajstić information content (AvgIpc) is 2.69. The van der Waals surface area contributed by atoms with Crippen molar-refractivity contribution in [2.24, 2.45) is 4.99 Å². The van der Waals surface area contributed by atoms with Gasteiger partial charge in [0.25, 0.3) is 0 Å². The summed E-state index contributed by atoms with van der Waals surface area (Å²) in [4.78, 5) is 6.42. The van der Waals surface area contributed by atoms with Crippen LogP contribution in [0.5, 0.6) is 17.2 Å². The van der Waals surface area contributed by atoms with Crippen LogP contribution in [0.1, 0.15) is 12.5 Å². The number of nitrogens with zero attached hydrogens (tertiary/aromatic N) is 2. The molecule has 1 atom stereocenters. The molecule has 0 heterocycles. The lowest BCUT2D eigenvalue weighted by Gasteiger charge is -2.24. The molecule has 154 valence electrons. The van der Waals surface area contributed by atoms with E-state index in [-0.39, 0.29) is 30.1 Å². The maximum absolute atomic E-state index is 5.98. The van der Waals surface area contributed by atoms with Crippen LogP contribution in [-0.2, 0) is 6.54 Å². The largest absolute Gasteiger partial charge is 0.497 e. The Labute approximate surface area is 184 Å². The molecule has 28 heavy (non-hydrogen) atoms. The molecule has 0 aliphatic rings. The molecule has 0 aliphatic heterocycles. The number of guanidine groups is 1. The van der Waals surface area contributed by atoms with Gasteiger partial charge in [0.1, 0.15) is 11.9 Å². The quantitative estimate of drug-likeness (QED) is 0.340. The molecule has 0 aliphatic carbocycles. The van der Waals surface area contributed by atoms with Crippen LogP contribution in [0.4, 0.5) is 0 Å². The highest BCUT2D eigenvalue weighted by atomic mass is 127. The molecule has 0 radical (unpaired) electrons. The van der Waals surface area contributed by atoms with Crippen molar-refractivity contribution in [2.75, 3.05) is 34.9 Å². The van der Waals surface area contributed by atoms with E-state index in [9.17, 15) is 0 Å². The number of para-hydroxylation sites is 2. The first kappa shape index (κ1) is 23.9. The zero-order valence-corrected chi connectivity index (χ0v) is 19.5. The van der Waals surface area contributed by atoms with Gasteiger partial charge in [-0.1, -0.05) is 24.3 Å². The molecule has 2 aromatic carbocycles. The van der Waals surface area contributed by atoms with Gasteiger partial charge in [0, 0.05) is 20.6 Å². The first-order chi connectivity index (χ1) is 13.1. The molecule has 0 spiro atoms. The number of benzene rings is 2. The number of ether oxygens (including phenoxy) is 3. The summed E-state index contributed by atoms with van der Waals surface area (Å²) in [6.07, 6.45) is -0.0487. The molecule has 0 fully saturated rings. The van der Waals surface area contributed by atoms with Gasteiger partial charge in [0.05, 0.1) is 20.8 Å². The van der Waals surface area contributed by atoms with E-state index in [1.807, 2.05) is 50.4 Å². The van der Waals surface area contributed by atoms with E-state index in [2.05, 4.69) is 27.3 Å². The van der Waals surface area contributed by atoms with E-state index in [0.29, 0.717) is 6.54 Å². The van der Waals surface area contributed by atoms with Crippen molar-refractivity contribution in [2.45, 2.75) is 19.6 Å². The average molecular weight is 499 g/mol. The van der Waals surface area contributed by atoms with Crippen LogP contribution in [0.15, 0.2) is 53.5 Å². The molecule has 6 nitrogen and oxygen atoms in total. The minimum atomic E-state index is -0.0487. The summed E-state index contributed by atoms with van der Waals surface area (Å²) >= 11 is 0. The summed E-state index contributed by atoms with van der Waals surface area (Å²) < 4.78 is 16.5. The lowest BCUT2D eigenvalue weighted by molar-refractivity contribution is 0.212. The van der Waals surface area contributed by atoms with Gasteiger partial charge in [-0.25, -0.2) is 0 Å². The lowest BCUT2D eigenvalue weighted by Crippen LogP contribution is -2.42. The molecule has 0 saturated heterocycles. The number of hydrogen-bond acceptors (Lipinski definition) is 4. The van der Waals surface area contributed by atoms with Crippen LogP contribution in [0.2, 0.25) is 0 Å². The van der Waals surface area contributed by atoms with Gasteiger partial charge in [0.2, 0.25) is 0 Å². The summed E-state index contributed by atoms with van der Waals surface area (Å²) in [5, 5.41) is 3.35. The molecule has 0 amide bonds. The number of aliphatic imine (C=N–C) groups is 1. The third-order valence-electron chi connectivity index (χ3n) is 4.10. The lowest BCUT2D eigenvalue weighted by atomic mass is 10.2. The van der Waals surface area contributed by atoms with Gasteiger partial charge in [-0.15, -0.1) is 24.0 Å². The number of nitrogens with one attached hydrogen (secondary N) is 1. The molecule has 2 rings (SSSR count). The van der Waals surface area contributed by atoms with E-state index in [1.165, 1.54) is 5.56 Å². The second-order valence-corrected chi connectivity index (χ2v) is 6.21. The molecule has 0 aromatic heterocycles. The van der Waals surface area contributed by atoms with Crippen molar-refractivity contribution in [1.82, 2.24) is 10.2 Å². The van der Waals surface area contributed by atoms with Gasteiger partial charge in [-0.05, 0) is 36.8 Å². The van der Waals surface area contributed by atoms with Gasteiger partial charge in [0.15, 0.2) is 17.5 Å². The fourth-order valence-corrected chi connectivity index (χ4v) is 2.67. The summed E-state index contributed by atoms with van der Waals surface area (Å²) in [6.45, 7) is 3.37. The van der Waals surface area contributed by atoms with Gasteiger partial charge in [-0.3, -0.25) is 4.99 Å². The van der Waals surface area contributed by atoms with Crippen LogP contribution < -0.4 is 19.5 Å². The van der Waals surface area contributed by atoms with Crippen molar-refractivity contribution < 1.29 is 14.2 Å². The maximum Gasteiger partial charge on any atom is 0.193 e. The fourth-order valence-electron chi connectivity index (χ4n) is 2.67. The van der Waals surface area contributed by atoms with Crippen molar-refractivity contribution in [3.05, 3.63) is 54.1 Å². The smallest absolute Gasteiger partial charge is 0.193 e. The van der Waals surface area contributed by atoms with E-state index < -0.39 is 0 Å². The van der Waals surface area contributed by atoms with Crippen LogP contribution in [0.25, 0.3) is 0 Å². The SMILES string of the molecule is CN=C(NCC(C)Oc1ccccc1OC)N(C)Cc1ccc(OC)cc1.I. The van der Waals surface area contributed by atoms with E-state index in [0.717, 1.165) is 29.8 Å². The van der Waals surface area contributed by atoms with Crippen molar-refractivity contribution >= 4 is 29.9 Å². The Morgan fingerprint density at radius 3 is 2.25 bits per heavy atom. The fraction of sp³-hybridized carbons (Fsp3) is 0.381. The molecular weight excluding hydrogens is 469 g/mol.